The van der Waals surface area contributed by atoms with E-state index < -0.39 is 0 Å². The van der Waals surface area contributed by atoms with Gasteiger partial charge < -0.3 is 9.73 Å². The molecule has 27 heavy (non-hydrogen) atoms. The minimum absolute atomic E-state index is 0.00278. The highest BCUT2D eigenvalue weighted by atomic mass is 35.5. The topological polar surface area (TPSA) is 58.4 Å². The van der Waals surface area contributed by atoms with Gasteiger partial charge in [-0.15, -0.1) is 0 Å². The van der Waals surface area contributed by atoms with Crippen LogP contribution in [-0.2, 0) is 11.2 Å². The van der Waals surface area contributed by atoms with Gasteiger partial charge in [0.25, 0.3) is 0 Å². The summed E-state index contributed by atoms with van der Waals surface area (Å²) in [6, 6.07) is 5.20. The molecule has 0 aliphatic carbocycles. The van der Waals surface area contributed by atoms with Crippen LogP contribution in [-0.4, -0.2) is 42.0 Å². The molecular weight excluding hydrogens is 385 g/mol. The number of hydrogen-bond donors (Lipinski definition) is 1. The lowest BCUT2D eigenvalue weighted by atomic mass is 10.1. The van der Waals surface area contributed by atoms with Crippen LogP contribution < -0.4 is 5.32 Å². The fraction of sp³-hybridized carbons (Fsp3) is 0.400. The van der Waals surface area contributed by atoms with Gasteiger partial charge in [-0.05, 0) is 31.5 Å². The van der Waals surface area contributed by atoms with Gasteiger partial charge in [0.1, 0.15) is 0 Å². The number of carbonyl (C=O) groups excluding carboxylic acids is 1. The van der Waals surface area contributed by atoms with Gasteiger partial charge in [-0.25, -0.2) is 4.98 Å². The SMILES string of the molecule is CC1=CCN(CCNC(=O)CCc2ncc(-c3ccc(Cl)cc3Cl)o2)CC1. The quantitative estimate of drug-likeness (QED) is 0.693. The zero-order valence-corrected chi connectivity index (χ0v) is 16.8. The lowest BCUT2D eigenvalue weighted by Crippen LogP contribution is -2.37. The van der Waals surface area contributed by atoms with Crippen molar-refractivity contribution >= 4 is 29.1 Å². The van der Waals surface area contributed by atoms with Crippen molar-refractivity contribution in [2.24, 2.45) is 0 Å². The van der Waals surface area contributed by atoms with Gasteiger partial charge in [-0.2, -0.15) is 0 Å². The number of halogens is 2. The summed E-state index contributed by atoms with van der Waals surface area (Å²) in [6.07, 6.45) is 5.76. The zero-order valence-electron chi connectivity index (χ0n) is 15.3. The van der Waals surface area contributed by atoms with Crippen LogP contribution >= 0.6 is 23.2 Å². The van der Waals surface area contributed by atoms with Crippen LogP contribution in [0.2, 0.25) is 10.0 Å². The molecule has 7 heteroatoms. The van der Waals surface area contributed by atoms with Crippen LogP contribution in [0.15, 0.2) is 40.5 Å². The van der Waals surface area contributed by atoms with Crippen molar-refractivity contribution in [3.63, 3.8) is 0 Å². The van der Waals surface area contributed by atoms with E-state index in [0.29, 0.717) is 41.1 Å². The highest BCUT2D eigenvalue weighted by Gasteiger charge is 2.13. The van der Waals surface area contributed by atoms with Gasteiger partial charge in [0.2, 0.25) is 5.91 Å². The fourth-order valence-electron chi connectivity index (χ4n) is 2.92. The molecule has 1 aromatic carbocycles. The van der Waals surface area contributed by atoms with Crippen molar-refractivity contribution in [1.29, 1.82) is 0 Å². The summed E-state index contributed by atoms with van der Waals surface area (Å²) in [5, 5.41) is 4.03. The third-order valence-electron chi connectivity index (χ3n) is 4.59. The van der Waals surface area contributed by atoms with Gasteiger partial charge in [0.05, 0.1) is 11.2 Å². The van der Waals surface area contributed by atoms with Crippen LogP contribution in [0.3, 0.4) is 0 Å². The number of rotatable bonds is 7. The van der Waals surface area contributed by atoms with E-state index in [1.165, 1.54) is 5.57 Å². The van der Waals surface area contributed by atoms with Crippen molar-refractivity contribution in [3.05, 3.63) is 52.0 Å². The Labute approximate surface area is 169 Å². The Kier molecular flexibility index (Phi) is 6.94. The number of aryl methyl sites for hydroxylation is 1. The fourth-order valence-corrected chi connectivity index (χ4v) is 3.42. The number of nitrogens with zero attached hydrogens (tertiary/aromatic N) is 2. The third-order valence-corrected chi connectivity index (χ3v) is 5.13. The van der Waals surface area contributed by atoms with Crippen LogP contribution in [0.25, 0.3) is 11.3 Å². The average Bonchev–Trinajstić information content (AvgIpc) is 3.10. The van der Waals surface area contributed by atoms with E-state index in [4.69, 9.17) is 27.6 Å². The van der Waals surface area contributed by atoms with Crippen LogP contribution in [0.4, 0.5) is 0 Å². The summed E-state index contributed by atoms with van der Waals surface area (Å²) in [7, 11) is 0. The summed E-state index contributed by atoms with van der Waals surface area (Å²) in [6.45, 7) is 5.71. The molecule has 0 unspecified atom stereocenters. The van der Waals surface area contributed by atoms with E-state index in [9.17, 15) is 4.79 Å². The van der Waals surface area contributed by atoms with Crippen molar-refractivity contribution in [2.75, 3.05) is 26.2 Å². The smallest absolute Gasteiger partial charge is 0.220 e. The highest BCUT2D eigenvalue weighted by Crippen LogP contribution is 2.30. The normalized spacial score (nSPS) is 14.9. The minimum Gasteiger partial charge on any atom is -0.441 e. The first-order valence-corrected chi connectivity index (χ1v) is 9.81. The lowest BCUT2D eigenvalue weighted by molar-refractivity contribution is -0.121. The molecule has 0 fully saturated rings. The first-order chi connectivity index (χ1) is 13.0. The molecule has 0 saturated heterocycles. The number of nitrogens with one attached hydrogen (secondary N) is 1. The van der Waals surface area contributed by atoms with E-state index in [1.807, 2.05) is 0 Å². The third kappa shape index (κ3) is 5.83. The van der Waals surface area contributed by atoms with Crippen LogP contribution in [0.5, 0.6) is 0 Å². The van der Waals surface area contributed by atoms with Gasteiger partial charge in [0, 0.05) is 49.6 Å². The number of aromatic nitrogens is 1. The van der Waals surface area contributed by atoms with E-state index in [0.717, 1.165) is 31.6 Å². The Balaban J connectivity index is 1.42. The van der Waals surface area contributed by atoms with Crippen molar-refractivity contribution in [2.45, 2.75) is 26.2 Å². The molecule has 3 rings (SSSR count). The minimum atomic E-state index is 0.00278. The van der Waals surface area contributed by atoms with Crippen molar-refractivity contribution in [3.8, 4) is 11.3 Å². The maximum atomic E-state index is 12.0. The molecule has 0 atom stereocenters. The molecule has 2 aromatic rings. The predicted octanol–water partition coefficient (Wildman–Crippen LogP) is 4.35. The molecule has 0 saturated carbocycles. The number of oxazole rings is 1. The zero-order chi connectivity index (χ0) is 19.2. The summed E-state index contributed by atoms with van der Waals surface area (Å²) in [5.41, 5.74) is 2.18. The summed E-state index contributed by atoms with van der Waals surface area (Å²) in [5.74, 6) is 1.09. The first kappa shape index (κ1) is 19.9. The molecule has 1 aliphatic rings. The lowest BCUT2D eigenvalue weighted by Gasteiger charge is -2.25. The molecule has 0 radical (unpaired) electrons. The molecule has 2 heterocycles. The molecule has 1 aliphatic heterocycles. The monoisotopic (exact) mass is 407 g/mol. The Hall–Kier alpha value is -1.82. The number of amides is 1. The highest BCUT2D eigenvalue weighted by molar-refractivity contribution is 6.36. The summed E-state index contributed by atoms with van der Waals surface area (Å²) < 4.78 is 5.72. The second-order valence-electron chi connectivity index (χ2n) is 6.69. The molecule has 1 amide bonds. The van der Waals surface area contributed by atoms with E-state index >= 15 is 0 Å². The number of hydrogen-bond acceptors (Lipinski definition) is 4. The number of benzene rings is 1. The molecular formula is C20H23Cl2N3O2. The Morgan fingerprint density at radius 2 is 2.22 bits per heavy atom. The van der Waals surface area contributed by atoms with E-state index in [2.05, 4.69) is 28.2 Å². The molecule has 1 aromatic heterocycles. The van der Waals surface area contributed by atoms with Crippen LogP contribution in [0.1, 0.15) is 25.7 Å². The maximum absolute atomic E-state index is 12.0. The Bertz CT molecular complexity index is 832. The molecule has 0 bridgehead atoms. The second kappa shape index (κ2) is 9.40. The van der Waals surface area contributed by atoms with Crippen LogP contribution in [0, 0.1) is 0 Å². The largest absolute Gasteiger partial charge is 0.441 e. The Morgan fingerprint density at radius 3 is 2.96 bits per heavy atom. The molecule has 5 nitrogen and oxygen atoms in total. The second-order valence-corrected chi connectivity index (χ2v) is 7.54. The van der Waals surface area contributed by atoms with E-state index in [1.54, 1.807) is 24.4 Å². The van der Waals surface area contributed by atoms with Crippen molar-refractivity contribution in [1.82, 2.24) is 15.2 Å². The predicted molar refractivity (Wildman–Crippen MR) is 108 cm³/mol. The Morgan fingerprint density at radius 1 is 1.37 bits per heavy atom. The van der Waals surface area contributed by atoms with Gasteiger partial charge in [-0.1, -0.05) is 34.9 Å². The first-order valence-electron chi connectivity index (χ1n) is 9.06. The summed E-state index contributed by atoms with van der Waals surface area (Å²) >= 11 is 12.1. The maximum Gasteiger partial charge on any atom is 0.220 e. The standard InChI is InChI=1S/C20H23Cl2N3O2/c1-14-6-9-25(10-7-14)11-8-23-19(26)4-5-20-24-13-18(27-20)16-3-2-15(21)12-17(16)22/h2-3,6,12-13H,4-5,7-11H2,1H3,(H,23,26). The van der Waals surface area contributed by atoms with Crippen molar-refractivity contribution < 1.29 is 9.21 Å². The van der Waals surface area contributed by atoms with Gasteiger partial charge in [0.15, 0.2) is 11.7 Å². The molecule has 1 N–H and O–H groups in total. The summed E-state index contributed by atoms with van der Waals surface area (Å²) in [4.78, 5) is 18.6. The van der Waals surface area contributed by atoms with Gasteiger partial charge in [-0.3, -0.25) is 9.69 Å². The van der Waals surface area contributed by atoms with Gasteiger partial charge >= 0.3 is 0 Å². The number of carbonyl (C=O) groups is 1. The molecule has 144 valence electrons. The average molecular weight is 408 g/mol. The van der Waals surface area contributed by atoms with E-state index in [-0.39, 0.29) is 5.91 Å². The molecule has 0 spiro atoms.